The van der Waals surface area contributed by atoms with Crippen LogP contribution in [-0.2, 0) is 19.5 Å². The van der Waals surface area contributed by atoms with Gasteiger partial charge >= 0.3 is 0 Å². The van der Waals surface area contributed by atoms with E-state index in [2.05, 4.69) is 42.3 Å². The Morgan fingerprint density at radius 1 is 0.425 bits per heavy atom. The first-order valence-electron chi connectivity index (χ1n) is 18.9. The van der Waals surface area contributed by atoms with Gasteiger partial charge in [0.05, 0.1) is 13.1 Å². The van der Waals surface area contributed by atoms with E-state index in [9.17, 15) is 0 Å². The van der Waals surface area contributed by atoms with E-state index < -0.39 is 0 Å². The summed E-state index contributed by atoms with van der Waals surface area (Å²) >= 11 is 0. The van der Waals surface area contributed by atoms with E-state index >= 15 is 0 Å². The smallest absolute Gasteiger partial charge is 0.234 e. The third-order valence-corrected chi connectivity index (χ3v) is 9.10. The van der Waals surface area contributed by atoms with Gasteiger partial charge in [0.1, 0.15) is 12.4 Å². The minimum absolute atomic E-state index is 1.23. The Bertz CT molecular complexity index is 619. The lowest BCUT2D eigenvalue weighted by molar-refractivity contribution is -0.704. The Balaban J connectivity index is 2.26. The summed E-state index contributed by atoms with van der Waals surface area (Å²) in [6.45, 7) is 9.40. The molecule has 1 heterocycles. The maximum Gasteiger partial charge on any atom is 0.256 e. The largest absolute Gasteiger partial charge is 0.256 e. The zero-order chi connectivity index (χ0) is 28.8. The molecule has 0 unspecified atom stereocenters. The van der Waals surface area contributed by atoms with Gasteiger partial charge in [0.25, 0.3) is 5.82 Å². The number of aryl methyl sites for hydroxylation is 2. The van der Waals surface area contributed by atoms with Crippen molar-refractivity contribution in [1.82, 2.24) is 4.57 Å². The zero-order valence-corrected chi connectivity index (χ0v) is 28.2. The van der Waals surface area contributed by atoms with Crippen molar-refractivity contribution in [2.75, 3.05) is 0 Å². The van der Waals surface area contributed by atoms with Gasteiger partial charge in [-0.3, -0.25) is 0 Å². The minimum atomic E-state index is 1.23. The lowest BCUT2D eigenvalue weighted by Crippen LogP contribution is -2.37. The molecule has 0 saturated heterocycles. The van der Waals surface area contributed by atoms with Crippen LogP contribution >= 0.6 is 0 Å². The second-order valence-electron chi connectivity index (χ2n) is 13.0. The Morgan fingerprint density at radius 3 is 1.20 bits per heavy atom. The minimum Gasteiger partial charge on any atom is -0.234 e. The Labute approximate surface area is 253 Å². The summed E-state index contributed by atoms with van der Waals surface area (Å²) in [5.41, 5.74) is 0. The summed E-state index contributed by atoms with van der Waals surface area (Å²) in [5, 5.41) is 0. The lowest BCUT2D eigenvalue weighted by atomic mass is 10.1. The predicted octanol–water partition coefficient (Wildman–Crippen LogP) is 12.7. The molecule has 1 aromatic heterocycles. The molecule has 1 rings (SSSR count). The molecule has 0 aliphatic carbocycles. The molecule has 0 spiro atoms. The molecule has 0 aliphatic rings. The van der Waals surface area contributed by atoms with E-state index in [4.69, 9.17) is 0 Å². The SMILES string of the molecule is CCCCCCCCCCCCCCn1cc[n+](CCCCCCCCCCCCC)c1CCCCCCCC. The number of aromatic nitrogens is 2. The molecule has 236 valence electrons. The van der Waals surface area contributed by atoms with Crippen LogP contribution in [0.1, 0.15) is 213 Å². The van der Waals surface area contributed by atoms with Gasteiger partial charge in [0.15, 0.2) is 0 Å². The lowest BCUT2D eigenvalue weighted by Gasteiger charge is -2.07. The molecule has 0 radical (unpaired) electrons. The van der Waals surface area contributed by atoms with Crippen LogP contribution in [0.15, 0.2) is 12.4 Å². The molecule has 2 nitrogen and oxygen atoms in total. The van der Waals surface area contributed by atoms with E-state index in [1.165, 1.54) is 206 Å². The first kappa shape index (κ1) is 37.2. The summed E-state index contributed by atoms with van der Waals surface area (Å²) in [6, 6.07) is 0. The third kappa shape index (κ3) is 21.9. The van der Waals surface area contributed by atoms with Crippen molar-refractivity contribution in [3.05, 3.63) is 18.2 Å². The van der Waals surface area contributed by atoms with Crippen LogP contribution in [0.4, 0.5) is 0 Å². The van der Waals surface area contributed by atoms with Gasteiger partial charge in [-0.2, -0.15) is 0 Å². The molecule has 0 atom stereocenters. The van der Waals surface area contributed by atoms with Crippen molar-refractivity contribution in [3.8, 4) is 0 Å². The van der Waals surface area contributed by atoms with Crippen molar-refractivity contribution < 1.29 is 4.57 Å². The van der Waals surface area contributed by atoms with Crippen LogP contribution < -0.4 is 4.57 Å². The van der Waals surface area contributed by atoms with E-state index in [1.54, 1.807) is 5.82 Å². The number of imidazole rings is 1. The predicted molar refractivity (Wildman–Crippen MR) is 179 cm³/mol. The average molecular weight is 560 g/mol. The number of hydrogen-bond donors (Lipinski definition) is 0. The summed E-state index contributed by atoms with van der Waals surface area (Å²) in [4.78, 5) is 0. The van der Waals surface area contributed by atoms with E-state index in [0.29, 0.717) is 0 Å². The van der Waals surface area contributed by atoms with Crippen molar-refractivity contribution in [3.63, 3.8) is 0 Å². The molecular weight excluding hydrogens is 484 g/mol. The normalized spacial score (nSPS) is 11.6. The molecule has 40 heavy (non-hydrogen) atoms. The molecule has 0 aliphatic heterocycles. The van der Waals surface area contributed by atoms with Crippen LogP contribution in [0.2, 0.25) is 0 Å². The van der Waals surface area contributed by atoms with Crippen LogP contribution in [-0.4, -0.2) is 4.57 Å². The van der Waals surface area contributed by atoms with Gasteiger partial charge in [0, 0.05) is 6.42 Å². The Hall–Kier alpha value is -0.790. The highest BCUT2D eigenvalue weighted by Gasteiger charge is 2.16. The zero-order valence-electron chi connectivity index (χ0n) is 28.2. The second-order valence-corrected chi connectivity index (χ2v) is 13.0. The molecule has 0 saturated carbocycles. The van der Waals surface area contributed by atoms with Crippen LogP contribution in [0.25, 0.3) is 0 Å². The summed E-state index contributed by atoms with van der Waals surface area (Å²) in [5.74, 6) is 1.62. The van der Waals surface area contributed by atoms with Gasteiger partial charge < -0.3 is 0 Å². The topological polar surface area (TPSA) is 8.81 Å². The Kier molecular flexibility index (Phi) is 27.6. The number of nitrogens with zero attached hydrogens (tertiary/aromatic N) is 2. The maximum atomic E-state index is 2.63. The molecular formula is C38H75N2+. The molecule has 0 aromatic carbocycles. The van der Waals surface area contributed by atoms with E-state index in [0.717, 1.165) is 0 Å². The van der Waals surface area contributed by atoms with Crippen molar-refractivity contribution in [2.45, 2.75) is 226 Å². The molecule has 0 fully saturated rings. The second kappa shape index (κ2) is 29.7. The standard InChI is InChI=1S/C38H75N2/c1-4-7-10-13-16-18-20-22-24-26-29-32-35-40-37-36-39(38(40)33-30-27-15-12-9-6-3)34-31-28-25-23-21-19-17-14-11-8-5-2/h36-37H,4-35H2,1-3H3/q+1. The average Bonchev–Trinajstić information content (AvgIpc) is 3.35. The highest BCUT2D eigenvalue weighted by Crippen LogP contribution is 2.15. The Morgan fingerprint density at radius 2 is 0.775 bits per heavy atom. The monoisotopic (exact) mass is 560 g/mol. The fourth-order valence-corrected chi connectivity index (χ4v) is 6.33. The highest BCUT2D eigenvalue weighted by molar-refractivity contribution is 4.84. The number of rotatable bonds is 32. The molecule has 0 amide bonds. The highest BCUT2D eigenvalue weighted by atomic mass is 15.1. The molecule has 1 aromatic rings. The van der Waals surface area contributed by atoms with Gasteiger partial charge in [-0.15, -0.1) is 0 Å². The number of unbranched alkanes of at least 4 members (excludes halogenated alkanes) is 26. The van der Waals surface area contributed by atoms with Gasteiger partial charge in [-0.1, -0.05) is 175 Å². The molecule has 0 N–H and O–H groups in total. The number of hydrogen-bond acceptors (Lipinski definition) is 0. The molecule has 0 bridgehead atoms. The molecule has 2 heteroatoms. The van der Waals surface area contributed by atoms with Crippen LogP contribution in [0, 0.1) is 0 Å². The fourth-order valence-electron chi connectivity index (χ4n) is 6.33. The van der Waals surface area contributed by atoms with Crippen LogP contribution in [0.5, 0.6) is 0 Å². The van der Waals surface area contributed by atoms with Crippen molar-refractivity contribution in [2.24, 2.45) is 0 Å². The summed E-state index contributed by atoms with van der Waals surface area (Å²) in [6.07, 6.45) is 47.4. The maximum absolute atomic E-state index is 2.63. The first-order valence-corrected chi connectivity index (χ1v) is 18.9. The van der Waals surface area contributed by atoms with Gasteiger partial charge in [0.2, 0.25) is 0 Å². The van der Waals surface area contributed by atoms with Gasteiger partial charge in [-0.25, -0.2) is 9.13 Å². The quantitative estimate of drug-likeness (QED) is 0.0613. The van der Waals surface area contributed by atoms with Crippen LogP contribution in [0.3, 0.4) is 0 Å². The van der Waals surface area contributed by atoms with E-state index in [1.807, 2.05) is 0 Å². The summed E-state index contributed by atoms with van der Waals surface area (Å²) in [7, 11) is 0. The van der Waals surface area contributed by atoms with Crippen molar-refractivity contribution in [1.29, 1.82) is 0 Å². The summed E-state index contributed by atoms with van der Waals surface area (Å²) < 4.78 is 5.25. The van der Waals surface area contributed by atoms with Gasteiger partial charge in [-0.05, 0) is 32.1 Å². The van der Waals surface area contributed by atoms with E-state index in [-0.39, 0.29) is 0 Å². The van der Waals surface area contributed by atoms with Crippen molar-refractivity contribution >= 4 is 0 Å². The first-order chi connectivity index (χ1) is 19.8. The third-order valence-electron chi connectivity index (χ3n) is 9.10. The fraction of sp³-hybridized carbons (Fsp3) is 0.921.